The van der Waals surface area contributed by atoms with E-state index in [1.54, 1.807) is 25.1 Å². The number of aliphatic carboxylic acids is 1. The van der Waals surface area contributed by atoms with Crippen molar-refractivity contribution < 1.29 is 23.1 Å². The molecule has 0 unspecified atom stereocenters. The van der Waals surface area contributed by atoms with Crippen molar-refractivity contribution in [1.82, 2.24) is 0 Å². The Hall–Kier alpha value is -2.34. The molecule has 22 heavy (non-hydrogen) atoms. The lowest BCUT2D eigenvalue weighted by Crippen LogP contribution is -2.07. The lowest BCUT2D eigenvalue weighted by molar-refractivity contribution is -0.136. The molecule has 2 rings (SSSR count). The number of carboxylic acid groups (broad SMARTS) is 1. The number of benzene rings is 2. The van der Waals surface area contributed by atoms with Gasteiger partial charge in [0.05, 0.1) is 22.8 Å². The first-order chi connectivity index (χ1) is 10.4. The van der Waals surface area contributed by atoms with Gasteiger partial charge in [-0.2, -0.15) is 0 Å². The topological polar surface area (TPSA) is 80.7 Å². The largest absolute Gasteiger partial charge is 0.494 e. The summed E-state index contributed by atoms with van der Waals surface area (Å²) in [5.41, 5.74) is 0.339. The van der Waals surface area contributed by atoms with E-state index in [0.29, 0.717) is 17.9 Å². The molecular weight excluding hydrogens is 304 g/mol. The summed E-state index contributed by atoms with van der Waals surface area (Å²) in [5, 5.41) is 8.97. The Morgan fingerprint density at radius 1 is 1.09 bits per heavy atom. The summed E-state index contributed by atoms with van der Waals surface area (Å²) in [4.78, 5) is 11.2. The van der Waals surface area contributed by atoms with Gasteiger partial charge in [0.25, 0.3) is 0 Å². The predicted molar refractivity (Wildman–Crippen MR) is 80.8 cm³/mol. The van der Waals surface area contributed by atoms with E-state index in [1.165, 1.54) is 30.3 Å². The molecule has 0 aliphatic heterocycles. The van der Waals surface area contributed by atoms with Crippen molar-refractivity contribution in [2.24, 2.45) is 0 Å². The third-order valence-corrected chi connectivity index (χ3v) is 4.80. The Morgan fingerprint density at radius 3 is 2.36 bits per heavy atom. The first-order valence-electron chi connectivity index (χ1n) is 6.73. The summed E-state index contributed by atoms with van der Waals surface area (Å²) < 4.78 is 30.5. The minimum Gasteiger partial charge on any atom is -0.494 e. The summed E-state index contributed by atoms with van der Waals surface area (Å²) in [6.45, 7) is 2.15. The van der Waals surface area contributed by atoms with Crippen molar-refractivity contribution in [3.63, 3.8) is 0 Å². The molecule has 0 radical (unpaired) electrons. The van der Waals surface area contributed by atoms with Crippen molar-refractivity contribution in [3.8, 4) is 5.75 Å². The van der Waals surface area contributed by atoms with Gasteiger partial charge in [0.1, 0.15) is 5.75 Å². The highest BCUT2D eigenvalue weighted by Crippen LogP contribution is 2.27. The molecule has 0 saturated heterocycles. The number of rotatable bonds is 6. The predicted octanol–water partition coefficient (Wildman–Crippen LogP) is 2.55. The van der Waals surface area contributed by atoms with E-state index in [9.17, 15) is 13.2 Å². The SMILES string of the molecule is CCOc1ccc(S(=O)(=O)c2ccccc2)cc1CC(=O)O. The second-order valence-corrected chi connectivity index (χ2v) is 6.54. The zero-order chi connectivity index (χ0) is 16.2. The van der Waals surface area contributed by atoms with Crippen LogP contribution in [0, 0.1) is 0 Å². The number of hydrogen-bond donors (Lipinski definition) is 1. The minimum atomic E-state index is -3.68. The van der Waals surface area contributed by atoms with Crippen LogP contribution in [0.4, 0.5) is 0 Å². The van der Waals surface area contributed by atoms with Crippen molar-refractivity contribution >= 4 is 15.8 Å². The maximum atomic E-state index is 12.6. The van der Waals surface area contributed by atoms with E-state index in [-0.39, 0.29) is 16.2 Å². The average molecular weight is 320 g/mol. The van der Waals surface area contributed by atoms with Crippen LogP contribution in [-0.2, 0) is 21.1 Å². The van der Waals surface area contributed by atoms with Crippen LogP contribution < -0.4 is 4.74 Å². The summed E-state index contributed by atoms with van der Waals surface area (Å²) in [5.74, 6) is -0.660. The van der Waals surface area contributed by atoms with Crippen molar-refractivity contribution in [3.05, 3.63) is 54.1 Å². The second-order valence-electron chi connectivity index (χ2n) is 4.59. The highest BCUT2D eigenvalue weighted by molar-refractivity contribution is 7.91. The first-order valence-corrected chi connectivity index (χ1v) is 8.21. The Morgan fingerprint density at radius 2 is 1.77 bits per heavy atom. The molecule has 0 atom stereocenters. The molecule has 0 heterocycles. The van der Waals surface area contributed by atoms with Gasteiger partial charge in [0, 0.05) is 5.56 Å². The van der Waals surface area contributed by atoms with Gasteiger partial charge in [-0.1, -0.05) is 18.2 Å². The molecule has 0 aliphatic carbocycles. The van der Waals surface area contributed by atoms with Crippen LogP contribution in [0.1, 0.15) is 12.5 Å². The number of sulfone groups is 1. The van der Waals surface area contributed by atoms with Gasteiger partial charge >= 0.3 is 5.97 Å². The molecule has 0 saturated carbocycles. The molecule has 0 fully saturated rings. The van der Waals surface area contributed by atoms with E-state index in [4.69, 9.17) is 9.84 Å². The van der Waals surface area contributed by atoms with Gasteiger partial charge in [-0.25, -0.2) is 8.42 Å². The summed E-state index contributed by atoms with van der Waals surface area (Å²) in [6, 6.07) is 12.3. The van der Waals surface area contributed by atoms with Gasteiger partial charge in [0.2, 0.25) is 9.84 Å². The van der Waals surface area contributed by atoms with E-state index in [0.717, 1.165) is 0 Å². The quantitative estimate of drug-likeness (QED) is 0.884. The molecular formula is C16H16O5S. The molecule has 0 aromatic heterocycles. The van der Waals surface area contributed by atoms with Gasteiger partial charge in [-0.15, -0.1) is 0 Å². The molecule has 116 valence electrons. The van der Waals surface area contributed by atoms with Gasteiger partial charge < -0.3 is 9.84 Å². The fourth-order valence-corrected chi connectivity index (χ4v) is 3.39. The fourth-order valence-electron chi connectivity index (χ4n) is 2.06. The van der Waals surface area contributed by atoms with E-state index in [2.05, 4.69) is 0 Å². The summed E-state index contributed by atoms with van der Waals surface area (Å²) in [6.07, 6.45) is -0.298. The Labute approximate surface area is 129 Å². The van der Waals surface area contributed by atoms with E-state index in [1.807, 2.05) is 0 Å². The second kappa shape index (κ2) is 6.62. The third-order valence-electron chi connectivity index (χ3n) is 3.04. The summed E-state index contributed by atoms with van der Waals surface area (Å²) in [7, 11) is -3.68. The Bertz CT molecular complexity index is 766. The van der Waals surface area contributed by atoms with Gasteiger partial charge in [-0.05, 0) is 37.3 Å². The molecule has 1 N–H and O–H groups in total. The van der Waals surface area contributed by atoms with Crippen LogP contribution in [0.3, 0.4) is 0 Å². The van der Waals surface area contributed by atoms with E-state index < -0.39 is 15.8 Å². The van der Waals surface area contributed by atoms with Crippen LogP contribution in [0.25, 0.3) is 0 Å². The smallest absolute Gasteiger partial charge is 0.307 e. The number of carbonyl (C=O) groups is 1. The fraction of sp³-hybridized carbons (Fsp3) is 0.188. The highest BCUT2D eigenvalue weighted by Gasteiger charge is 2.20. The van der Waals surface area contributed by atoms with Gasteiger partial charge in [0.15, 0.2) is 0 Å². The lowest BCUT2D eigenvalue weighted by Gasteiger charge is -2.11. The Kier molecular flexibility index (Phi) is 4.82. The molecule has 0 aliphatic rings. The zero-order valence-corrected chi connectivity index (χ0v) is 12.8. The van der Waals surface area contributed by atoms with Crippen LogP contribution in [0.15, 0.2) is 58.3 Å². The number of carboxylic acids is 1. The maximum absolute atomic E-state index is 12.6. The van der Waals surface area contributed by atoms with Crippen molar-refractivity contribution in [2.45, 2.75) is 23.1 Å². The summed E-state index contributed by atoms with van der Waals surface area (Å²) >= 11 is 0. The molecule has 0 bridgehead atoms. The monoisotopic (exact) mass is 320 g/mol. The zero-order valence-electron chi connectivity index (χ0n) is 12.0. The number of hydrogen-bond acceptors (Lipinski definition) is 4. The van der Waals surface area contributed by atoms with Crippen LogP contribution >= 0.6 is 0 Å². The van der Waals surface area contributed by atoms with Crippen LogP contribution in [-0.4, -0.2) is 26.1 Å². The number of ether oxygens (including phenoxy) is 1. The van der Waals surface area contributed by atoms with Gasteiger partial charge in [-0.3, -0.25) is 4.79 Å². The molecule has 2 aromatic carbocycles. The normalized spacial score (nSPS) is 11.1. The molecule has 0 spiro atoms. The van der Waals surface area contributed by atoms with Crippen molar-refractivity contribution in [1.29, 1.82) is 0 Å². The highest BCUT2D eigenvalue weighted by atomic mass is 32.2. The molecule has 0 amide bonds. The first kappa shape index (κ1) is 16.0. The lowest BCUT2D eigenvalue weighted by atomic mass is 10.1. The third kappa shape index (κ3) is 3.46. The Balaban J connectivity index is 2.50. The maximum Gasteiger partial charge on any atom is 0.307 e. The minimum absolute atomic E-state index is 0.0541. The van der Waals surface area contributed by atoms with Crippen LogP contribution in [0.2, 0.25) is 0 Å². The van der Waals surface area contributed by atoms with Crippen LogP contribution in [0.5, 0.6) is 5.75 Å². The van der Waals surface area contributed by atoms with E-state index >= 15 is 0 Å². The molecule has 5 nitrogen and oxygen atoms in total. The molecule has 2 aromatic rings. The average Bonchev–Trinajstić information content (AvgIpc) is 2.49. The standard InChI is InChI=1S/C16H16O5S/c1-2-21-15-9-8-14(10-12(15)11-16(17)18)22(19,20)13-6-4-3-5-7-13/h3-10H,2,11H2,1H3,(H,17,18). The molecule has 6 heteroatoms. The van der Waals surface area contributed by atoms with Crippen molar-refractivity contribution in [2.75, 3.05) is 6.61 Å².